The first-order valence-corrected chi connectivity index (χ1v) is 5.28. The number of alkyl halides is 3. The van der Waals surface area contributed by atoms with Gasteiger partial charge in [-0.25, -0.2) is 9.20 Å². The van der Waals surface area contributed by atoms with Crippen LogP contribution in [-0.2, 0) is 15.5 Å². The Morgan fingerprint density at radius 2 is 2.38 bits per heavy atom. The fraction of sp³-hybridized carbons (Fsp3) is 0.429. The van der Waals surface area contributed by atoms with Crippen LogP contribution in [0.4, 0.5) is 19.0 Å². The first kappa shape index (κ1) is 12.7. The van der Waals surface area contributed by atoms with Gasteiger partial charge in [0.2, 0.25) is 0 Å². The third-order valence-corrected chi connectivity index (χ3v) is 2.54. The van der Waals surface area contributed by atoms with Crippen LogP contribution in [0.3, 0.4) is 0 Å². The van der Waals surface area contributed by atoms with E-state index in [-0.39, 0.29) is 5.82 Å². The number of nitrogens with one attached hydrogen (secondary N) is 1. The van der Waals surface area contributed by atoms with Crippen LogP contribution in [0.2, 0.25) is 0 Å². The maximum absolute atomic E-state index is 12.2. The van der Waals surface area contributed by atoms with Crippen molar-refractivity contribution in [1.82, 2.24) is 10.2 Å². The lowest BCUT2D eigenvalue weighted by atomic mass is 10.6. The molecule has 9 heteroatoms. The molecule has 0 radical (unpaired) electrons. The molecule has 0 aromatic carbocycles. The topological polar surface area (TPSA) is 67.3 Å². The zero-order valence-corrected chi connectivity index (χ0v) is 8.93. The van der Waals surface area contributed by atoms with Crippen LogP contribution in [0.1, 0.15) is 6.92 Å². The van der Waals surface area contributed by atoms with Crippen LogP contribution in [0.15, 0.2) is 16.1 Å². The third kappa shape index (κ3) is 3.05. The molecule has 0 amide bonds. The molecule has 5 nitrogen and oxygen atoms in total. The summed E-state index contributed by atoms with van der Waals surface area (Å²) in [5.74, 6) is -0.232. The number of rotatable bonds is 4. The molecule has 1 unspecified atom stereocenters. The number of H-pyrrole nitrogens is 1. The summed E-state index contributed by atoms with van der Waals surface area (Å²) in [6.07, 6.45) is 1.78. The molecule has 0 aliphatic carbocycles. The molecule has 0 aliphatic heterocycles. The summed E-state index contributed by atoms with van der Waals surface area (Å²) in [5.41, 5.74) is -4.83. The Balaban J connectivity index is 2.90. The van der Waals surface area contributed by atoms with Crippen molar-refractivity contribution in [2.45, 2.75) is 17.3 Å². The lowest BCUT2D eigenvalue weighted by Gasteiger charge is -2.03. The average Bonchev–Trinajstić information content (AvgIpc) is 2.64. The summed E-state index contributed by atoms with van der Waals surface area (Å²) in [7, 11) is -3.15. The second-order valence-corrected chi connectivity index (χ2v) is 3.93. The number of aromatic amines is 1. The van der Waals surface area contributed by atoms with E-state index in [9.17, 15) is 17.4 Å². The van der Waals surface area contributed by atoms with E-state index >= 15 is 0 Å². The van der Waals surface area contributed by atoms with Crippen molar-refractivity contribution in [3.05, 3.63) is 6.20 Å². The molecule has 0 bridgehead atoms. The van der Waals surface area contributed by atoms with Crippen molar-refractivity contribution >= 4 is 23.0 Å². The van der Waals surface area contributed by atoms with Gasteiger partial charge in [-0.3, -0.25) is 5.10 Å². The summed E-state index contributed by atoms with van der Waals surface area (Å²) < 4.78 is 52.2. The zero-order valence-electron chi connectivity index (χ0n) is 8.11. The summed E-state index contributed by atoms with van der Waals surface area (Å²) in [6, 6.07) is 0. The molecule has 0 spiro atoms. The summed E-state index contributed by atoms with van der Waals surface area (Å²) in [6.45, 7) is 2.02. The van der Waals surface area contributed by atoms with Gasteiger partial charge >= 0.3 is 5.51 Å². The predicted molar refractivity (Wildman–Crippen MR) is 50.8 cm³/mol. The highest BCUT2D eigenvalue weighted by atomic mass is 32.2. The lowest BCUT2D eigenvalue weighted by Crippen LogP contribution is -2.15. The highest BCUT2D eigenvalue weighted by molar-refractivity contribution is 7.86. The fourth-order valence-electron chi connectivity index (χ4n) is 0.786. The van der Waals surface area contributed by atoms with E-state index in [0.717, 1.165) is 12.6 Å². The molecule has 16 heavy (non-hydrogen) atoms. The van der Waals surface area contributed by atoms with Crippen LogP contribution >= 0.6 is 0 Å². The van der Waals surface area contributed by atoms with E-state index < -0.39 is 21.2 Å². The molecule has 1 aromatic heterocycles. The van der Waals surface area contributed by atoms with Crippen LogP contribution in [0, 0.1) is 0 Å². The van der Waals surface area contributed by atoms with E-state index in [4.69, 9.17) is 4.74 Å². The molecule has 0 saturated carbocycles. The molecule has 1 N–H and O–H groups in total. The summed E-state index contributed by atoms with van der Waals surface area (Å²) in [5, 5.41) is 5.54. The number of hydrogen-bond acceptors (Lipinski definition) is 4. The second-order valence-electron chi connectivity index (χ2n) is 2.49. The van der Waals surface area contributed by atoms with Crippen LogP contribution in [-0.4, -0.2) is 32.9 Å². The Morgan fingerprint density at radius 1 is 1.69 bits per heavy atom. The van der Waals surface area contributed by atoms with Crippen LogP contribution in [0.5, 0.6) is 0 Å². The fourth-order valence-corrected chi connectivity index (χ4v) is 1.46. The smallest absolute Gasteiger partial charge is 0.476 e. The van der Waals surface area contributed by atoms with Crippen molar-refractivity contribution in [2.24, 2.45) is 4.99 Å². The van der Waals surface area contributed by atoms with E-state index in [2.05, 4.69) is 15.2 Å². The monoisotopic (exact) mass is 255 g/mol. The molecule has 0 aliphatic rings. The van der Waals surface area contributed by atoms with Gasteiger partial charge < -0.3 is 4.74 Å². The third-order valence-electron chi connectivity index (χ3n) is 1.42. The molecule has 1 heterocycles. The molecule has 1 aromatic rings. The Labute approximate surface area is 91.2 Å². The van der Waals surface area contributed by atoms with Gasteiger partial charge in [0.15, 0.2) is 23.0 Å². The lowest BCUT2D eigenvalue weighted by molar-refractivity contribution is -0.0384. The maximum Gasteiger partial charge on any atom is 0.476 e. The molecular formula is C7H8F3N3O2S. The van der Waals surface area contributed by atoms with Gasteiger partial charge in [0.25, 0.3) is 0 Å². The molecular weight excluding hydrogens is 247 g/mol. The molecule has 0 fully saturated rings. The summed E-state index contributed by atoms with van der Waals surface area (Å²) in [4.78, 5) is 3.01. The number of ether oxygens (including phenoxy) is 1. The highest BCUT2D eigenvalue weighted by Crippen LogP contribution is 2.30. The van der Waals surface area contributed by atoms with Gasteiger partial charge in [0, 0.05) is 0 Å². The number of nitrogens with zero attached hydrogens (tertiary/aromatic N) is 2. The standard InChI is InChI=1S/C7H8F3N3O2S/c1-2-15-4-11-6-5(3-12-13-6)16(14)7(8,9)10/h3-4H,2H2,1H3,(H,12,13). The predicted octanol–water partition coefficient (Wildman–Crippen LogP) is 1.73. The van der Waals surface area contributed by atoms with Crippen molar-refractivity contribution in [3.63, 3.8) is 0 Å². The van der Waals surface area contributed by atoms with Gasteiger partial charge in [0.05, 0.1) is 12.8 Å². The average molecular weight is 255 g/mol. The minimum Gasteiger partial charge on any atom is -0.483 e. The first-order chi connectivity index (χ1) is 7.46. The Hall–Kier alpha value is -1.38. The van der Waals surface area contributed by atoms with E-state index in [0.29, 0.717) is 6.61 Å². The van der Waals surface area contributed by atoms with E-state index in [1.165, 1.54) is 0 Å². The maximum atomic E-state index is 12.2. The Bertz CT molecular complexity index is 402. The van der Waals surface area contributed by atoms with Gasteiger partial charge in [-0.1, -0.05) is 0 Å². The number of hydrogen-bond donors (Lipinski definition) is 1. The highest BCUT2D eigenvalue weighted by Gasteiger charge is 2.40. The first-order valence-electron chi connectivity index (χ1n) is 4.13. The van der Waals surface area contributed by atoms with Crippen LogP contribution < -0.4 is 0 Å². The van der Waals surface area contributed by atoms with E-state index in [1.807, 2.05) is 0 Å². The molecule has 1 rings (SSSR count). The molecule has 0 saturated heterocycles. The largest absolute Gasteiger partial charge is 0.483 e. The molecule has 1 atom stereocenters. The molecule has 90 valence electrons. The summed E-state index contributed by atoms with van der Waals surface area (Å²) >= 11 is 0. The minimum absolute atomic E-state index is 0.232. The van der Waals surface area contributed by atoms with Crippen molar-refractivity contribution in [2.75, 3.05) is 6.61 Å². The van der Waals surface area contributed by atoms with Crippen molar-refractivity contribution < 1.29 is 22.1 Å². The Kier molecular flexibility index (Phi) is 4.05. The SMILES string of the molecule is CCOC=Nc1[nH]ncc1S(=O)C(F)(F)F. The van der Waals surface area contributed by atoms with Gasteiger partial charge in [-0.15, -0.1) is 0 Å². The Morgan fingerprint density at radius 3 is 2.94 bits per heavy atom. The minimum atomic E-state index is -4.83. The second kappa shape index (κ2) is 5.10. The number of halogens is 3. The quantitative estimate of drug-likeness (QED) is 0.658. The van der Waals surface area contributed by atoms with Gasteiger partial charge in [0.1, 0.15) is 4.90 Å². The normalized spacial score (nSPS) is 14.2. The van der Waals surface area contributed by atoms with Gasteiger partial charge in [-0.05, 0) is 6.92 Å². The van der Waals surface area contributed by atoms with Gasteiger partial charge in [-0.2, -0.15) is 18.3 Å². The van der Waals surface area contributed by atoms with Crippen molar-refractivity contribution in [3.8, 4) is 0 Å². The number of aromatic nitrogens is 2. The zero-order chi connectivity index (χ0) is 12.2. The van der Waals surface area contributed by atoms with Crippen molar-refractivity contribution in [1.29, 1.82) is 0 Å². The number of aliphatic imine (C=N–C) groups is 1. The van der Waals surface area contributed by atoms with E-state index in [1.54, 1.807) is 6.92 Å². The van der Waals surface area contributed by atoms with Crippen LogP contribution in [0.25, 0.3) is 0 Å².